The van der Waals surface area contributed by atoms with Gasteiger partial charge < -0.3 is 9.47 Å². The van der Waals surface area contributed by atoms with Gasteiger partial charge in [0.2, 0.25) is 0 Å². The van der Waals surface area contributed by atoms with E-state index in [1.54, 1.807) is 36.4 Å². The minimum atomic E-state index is -0.952. The Morgan fingerprint density at radius 1 is 1.04 bits per heavy atom. The Kier molecular flexibility index (Phi) is 4.42. The second-order valence-corrected chi connectivity index (χ2v) is 6.33. The third kappa shape index (κ3) is 2.75. The lowest BCUT2D eigenvalue weighted by Gasteiger charge is -2.21. The molecule has 8 nitrogen and oxygen atoms in total. The molecule has 1 fully saturated rings. The zero-order chi connectivity index (χ0) is 19.8. The molecule has 4 rings (SSSR count). The van der Waals surface area contributed by atoms with Crippen molar-refractivity contribution in [3.05, 3.63) is 53.8 Å². The van der Waals surface area contributed by atoms with Crippen LogP contribution in [0.5, 0.6) is 11.5 Å². The number of benzene rings is 2. The van der Waals surface area contributed by atoms with E-state index in [4.69, 9.17) is 9.47 Å². The van der Waals surface area contributed by atoms with Crippen molar-refractivity contribution in [1.29, 1.82) is 0 Å². The second-order valence-electron chi connectivity index (χ2n) is 6.33. The zero-order valence-corrected chi connectivity index (χ0v) is 15.2. The maximum Gasteiger partial charge on any atom is 0.263 e. The topological polar surface area (TPSA) is 83.8 Å². The zero-order valence-electron chi connectivity index (χ0n) is 15.2. The lowest BCUT2D eigenvalue weighted by atomic mass is 10.1. The van der Waals surface area contributed by atoms with E-state index in [-0.39, 0.29) is 6.54 Å². The summed E-state index contributed by atoms with van der Waals surface area (Å²) < 4.78 is 24.4. The third-order valence-electron chi connectivity index (χ3n) is 4.77. The monoisotopic (exact) mass is 384 g/mol. The van der Waals surface area contributed by atoms with Crippen LogP contribution in [0, 0.1) is 5.82 Å². The Labute approximate surface area is 160 Å². The predicted octanol–water partition coefficient (Wildman–Crippen LogP) is 2.34. The minimum absolute atomic E-state index is 0.0378. The van der Waals surface area contributed by atoms with Crippen LogP contribution >= 0.6 is 0 Å². The van der Waals surface area contributed by atoms with E-state index >= 15 is 0 Å². The van der Waals surface area contributed by atoms with Crippen LogP contribution in [0.15, 0.2) is 52.8 Å². The van der Waals surface area contributed by atoms with E-state index in [0.717, 1.165) is 4.90 Å². The molecule has 2 amide bonds. The number of hydrogen-bond acceptors (Lipinski definition) is 7. The molecule has 0 unspecified atom stereocenters. The van der Waals surface area contributed by atoms with Crippen molar-refractivity contribution in [2.24, 2.45) is 10.3 Å². The van der Waals surface area contributed by atoms with E-state index in [1.165, 1.54) is 25.3 Å². The first-order valence-electron chi connectivity index (χ1n) is 8.56. The van der Waals surface area contributed by atoms with Gasteiger partial charge in [-0.2, -0.15) is 5.11 Å². The SMILES string of the molecule is COc1ccc(N2C(=O)[C@@H]3[C@@H](N=NN3Cc3ccccc3F)C2=O)cc1OC. The van der Waals surface area contributed by atoms with Gasteiger partial charge in [-0.15, -0.1) is 0 Å². The first-order chi connectivity index (χ1) is 13.5. The molecule has 2 heterocycles. The average molecular weight is 384 g/mol. The first kappa shape index (κ1) is 17.9. The molecular weight excluding hydrogens is 367 g/mol. The fourth-order valence-corrected chi connectivity index (χ4v) is 3.37. The molecule has 9 heteroatoms. The number of ether oxygens (including phenoxy) is 2. The number of methoxy groups -OCH3 is 2. The smallest absolute Gasteiger partial charge is 0.263 e. The molecule has 0 aromatic heterocycles. The Bertz CT molecular complexity index is 980. The molecule has 2 atom stereocenters. The number of halogens is 1. The predicted molar refractivity (Wildman–Crippen MR) is 96.4 cm³/mol. The minimum Gasteiger partial charge on any atom is -0.493 e. The average Bonchev–Trinajstić information content (AvgIpc) is 3.23. The highest BCUT2D eigenvalue weighted by Gasteiger charge is 2.54. The van der Waals surface area contributed by atoms with Crippen LogP contribution in [-0.2, 0) is 16.1 Å². The fraction of sp³-hybridized carbons (Fsp3) is 0.263. The molecule has 2 aromatic rings. The molecule has 0 bridgehead atoms. The summed E-state index contributed by atoms with van der Waals surface area (Å²) in [6.07, 6.45) is 0. The summed E-state index contributed by atoms with van der Waals surface area (Å²) in [4.78, 5) is 26.9. The van der Waals surface area contributed by atoms with Crippen molar-refractivity contribution >= 4 is 17.5 Å². The van der Waals surface area contributed by atoms with Crippen molar-refractivity contribution < 1.29 is 23.5 Å². The normalized spacial score (nSPS) is 20.7. The molecule has 2 aliphatic rings. The molecule has 28 heavy (non-hydrogen) atoms. The van der Waals surface area contributed by atoms with Crippen LogP contribution < -0.4 is 14.4 Å². The van der Waals surface area contributed by atoms with Crippen LogP contribution in [0.3, 0.4) is 0 Å². The quantitative estimate of drug-likeness (QED) is 0.739. The Morgan fingerprint density at radius 3 is 2.50 bits per heavy atom. The number of amides is 2. The first-order valence-corrected chi connectivity index (χ1v) is 8.56. The largest absolute Gasteiger partial charge is 0.493 e. The van der Waals surface area contributed by atoms with E-state index in [1.807, 2.05) is 0 Å². The maximum atomic E-state index is 14.0. The fourth-order valence-electron chi connectivity index (χ4n) is 3.37. The summed E-state index contributed by atoms with van der Waals surface area (Å²) in [5.74, 6) is -0.492. The third-order valence-corrected chi connectivity index (χ3v) is 4.77. The summed E-state index contributed by atoms with van der Waals surface area (Å²) in [6, 6.07) is 9.11. The number of carbonyl (C=O) groups excluding carboxylic acids is 2. The summed E-state index contributed by atoms with van der Waals surface area (Å²) in [7, 11) is 2.96. The van der Waals surface area contributed by atoms with E-state index in [0.29, 0.717) is 22.7 Å². The van der Waals surface area contributed by atoms with Gasteiger partial charge in [0.05, 0.1) is 26.5 Å². The highest BCUT2D eigenvalue weighted by molar-refractivity contribution is 6.25. The van der Waals surface area contributed by atoms with Gasteiger partial charge in [-0.05, 0) is 18.2 Å². The van der Waals surface area contributed by atoms with Crippen LogP contribution in [0.4, 0.5) is 10.1 Å². The number of hydrogen-bond donors (Lipinski definition) is 0. The summed E-state index contributed by atoms with van der Waals surface area (Å²) >= 11 is 0. The summed E-state index contributed by atoms with van der Waals surface area (Å²) in [5, 5.41) is 9.23. The van der Waals surface area contributed by atoms with Gasteiger partial charge >= 0.3 is 0 Å². The van der Waals surface area contributed by atoms with Gasteiger partial charge in [0.1, 0.15) is 5.82 Å². The number of rotatable bonds is 5. The van der Waals surface area contributed by atoms with E-state index < -0.39 is 29.7 Å². The van der Waals surface area contributed by atoms with Crippen molar-refractivity contribution in [2.45, 2.75) is 18.6 Å². The molecule has 144 valence electrons. The number of anilines is 1. The summed E-state index contributed by atoms with van der Waals surface area (Å²) in [5.41, 5.74) is 0.718. The molecule has 0 N–H and O–H groups in total. The van der Waals surface area contributed by atoms with Crippen LogP contribution in [0.2, 0.25) is 0 Å². The van der Waals surface area contributed by atoms with Crippen LogP contribution in [0.1, 0.15) is 5.56 Å². The maximum absolute atomic E-state index is 14.0. The van der Waals surface area contributed by atoms with Gasteiger partial charge in [-0.1, -0.05) is 23.4 Å². The second kappa shape index (κ2) is 6.91. The molecule has 1 saturated heterocycles. The highest BCUT2D eigenvalue weighted by Crippen LogP contribution is 2.37. The Morgan fingerprint density at radius 2 is 1.79 bits per heavy atom. The number of nitrogens with zero attached hydrogens (tertiary/aromatic N) is 4. The van der Waals surface area contributed by atoms with Gasteiger partial charge in [-0.3, -0.25) is 14.6 Å². The van der Waals surface area contributed by atoms with Crippen LogP contribution in [-0.4, -0.2) is 43.1 Å². The highest BCUT2D eigenvalue weighted by atomic mass is 19.1. The molecule has 0 spiro atoms. The standard InChI is InChI=1S/C19H17FN4O4/c1-27-14-8-7-12(9-15(14)28-2)24-18(25)16-17(19(24)26)23(22-21-16)10-11-5-3-4-6-13(11)20/h3-9,16-17H,10H2,1-2H3/t16-,17+/m1/s1. The van der Waals surface area contributed by atoms with Crippen LogP contribution in [0.25, 0.3) is 0 Å². The number of fused-ring (bicyclic) bond motifs is 1. The molecule has 0 saturated carbocycles. The lowest BCUT2D eigenvalue weighted by molar-refractivity contribution is -0.123. The van der Waals surface area contributed by atoms with Crippen molar-refractivity contribution in [3.8, 4) is 11.5 Å². The Hall–Kier alpha value is -3.49. The number of carbonyl (C=O) groups is 2. The van der Waals surface area contributed by atoms with E-state index in [9.17, 15) is 14.0 Å². The van der Waals surface area contributed by atoms with Gasteiger partial charge in [0, 0.05) is 11.6 Å². The van der Waals surface area contributed by atoms with Gasteiger partial charge in [0.15, 0.2) is 23.6 Å². The van der Waals surface area contributed by atoms with Gasteiger partial charge in [0.25, 0.3) is 11.8 Å². The number of imide groups is 1. The molecule has 0 radical (unpaired) electrons. The van der Waals surface area contributed by atoms with Gasteiger partial charge in [-0.25, -0.2) is 9.29 Å². The van der Waals surface area contributed by atoms with Crippen molar-refractivity contribution in [3.63, 3.8) is 0 Å². The molecule has 2 aliphatic heterocycles. The molecular formula is C19H17FN4O4. The summed E-state index contributed by atoms with van der Waals surface area (Å²) in [6.45, 7) is 0.0378. The lowest BCUT2D eigenvalue weighted by Crippen LogP contribution is -2.39. The van der Waals surface area contributed by atoms with Crippen molar-refractivity contribution in [2.75, 3.05) is 19.1 Å². The Balaban J connectivity index is 1.62. The van der Waals surface area contributed by atoms with Crippen molar-refractivity contribution in [1.82, 2.24) is 5.01 Å². The molecule has 0 aliphatic carbocycles. The van der Waals surface area contributed by atoms with E-state index in [2.05, 4.69) is 10.3 Å². The molecule has 2 aromatic carbocycles.